The number of rotatable bonds is 5. The molecule has 1 aliphatic rings. The summed E-state index contributed by atoms with van der Waals surface area (Å²) in [5.41, 5.74) is 0. The second kappa shape index (κ2) is 5.46. The van der Waals surface area contributed by atoms with E-state index in [0.29, 0.717) is 11.8 Å². The first-order valence-electron chi connectivity index (χ1n) is 6.12. The summed E-state index contributed by atoms with van der Waals surface area (Å²) in [5, 5.41) is 16.6. The van der Waals surface area contributed by atoms with Crippen molar-refractivity contribution in [3.63, 3.8) is 0 Å². The van der Waals surface area contributed by atoms with Crippen molar-refractivity contribution >= 4 is 0 Å². The molecule has 0 amide bonds. The Bertz CT molecular complexity index is 418. The largest absolute Gasteiger partial charge is 0.424 e. The van der Waals surface area contributed by atoms with Crippen molar-refractivity contribution < 1.29 is 22.7 Å². The third-order valence-corrected chi connectivity index (χ3v) is 3.20. The molecule has 0 aliphatic heterocycles. The molecular formula is C11H16F3N3O2. The summed E-state index contributed by atoms with van der Waals surface area (Å²) in [6.45, 7) is -0.433. The van der Waals surface area contributed by atoms with Crippen molar-refractivity contribution in [3.05, 3.63) is 11.8 Å². The van der Waals surface area contributed by atoms with Crippen LogP contribution in [0.25, 0.3) is 0 Å². The van der Waals surface area contributed by atoms with E-state index >= 15 is 0 Å². The molecule has 1 aliphatic carbocycles. The number of aromatic nitrogens is 2. The van der Waals surface area contributed by atoms with Crippen molar-refractivity contribution in [3.8, 4) is 0 Å². The van der Waals surface area contributed by atoms with Crippen LogP contribution in [0.1, 0.15) is 37.0 Å². The average Bonchev–Trinajstić information content (AvgIpc) is 2.61. The van der Waals surface area contributed by atoms with E-state index in [1.807, 2.05) is 0 Å². The standard InChI is InChI=1S/C11H16F3N3O2/c1-17(5-8(18)11(12,13)14)6-9-15-16-10(19-9)7-3-2-4-7/h7-8,18H,2-6H2,1H3. The summed E-state index contributed by atoms with van der Waals surface area (Å²) in [6, 6.07) is 0. The smallest absolute Gasteiger partial charge is 0.415 e. The lowest BCUT2D eigenvalue weighted by molar-refractivity contribution is -0.207. The van der Waals surface area contributed by atoms with Gasteiger partial charge in [0.2, 0.25) is 11.8 Å². The number of hydrogen-bond donors (Lipinski definition) is 1. The zero-order valence-corrected chi connectivity index (χ0v) is 10.5. The highest BCUT2D eigenvalue weighted by Gasteiger charge is 2.38. The number of halogens is 3. The van der Waals surface area contributed by atoms with Crippen molar-refractivity contribution in [1.82, 2.24) is 15.1 Å². The zero-order chi connectivity index (χ0) is 14.0. The normalized spacial score (nSPS) is 18.6. The Kier molecular flexibility index (Phi) is 4.10. The topological polar surface area (TPSA) is 62.4 Å². The minimum Gasteiger partial charge on any atom is -0.424 e. The summed E-state index contributed by atoms with van der Waals surface area (Å²) < 4.78 is 41.9. The third-order valence-electron chi connectivity index (χ3n) is 3.20. The molecule has 19 heavy (non-hydrogen) atoms. The van der Waals surface area contributed by atoms with Crippen molar-refractivity contribution in [2.45, 2.75) is 44.0 Å². The molecule has 1 fully saturated rings. The van der Waals surface area contributed by atoms with Gasteiger partial charge in [-0.3, -0.25) is 4.90 Å². The molecule has 5 nitrogen and oxygen atoms in total. The molecule has 1 atom stereocenters. The average molecular weight is 279 g/mol. The van der Waals surface area contributed by atoms with Crippen molar-refractivity contribution in [2.75, 3.05) is 13.6 Å². The maximum Gasteiger partial charge on any atom is 0.415 e. The van der Waals surface area contributed by atoms with E-state index in [4.69, 9.17) is 9.52 Å². The van der Waals surface area contributed by atoms with E-state index in [9.17, 15) is 13.2 Å². The van der Waals surface area contributed by atoms with Crippen LogP contribution in [0.4, 0.5) is 13.2 Å². The Morgan fingerprint density at radius 3 is 2.63 bits per heavy atom. The number of likely N-dealkylation sites (N-methyl/N-ethyl adjacent to an activating group) is 1. The quantitative estimate of drug-likeness (QED) is 0.888. The molecule has 2 rings (SSSR count). The molecular weight excluding hydrogens is 263 g/mol. The molecule has 0 saturated heterocycles. The minimum atomic E-state index is -4.61. The SMILES string of the molecule is CN(Cc1nnc(C2CCC2)o1)CC(O)C(F)(F)F. The first-order valence-corrected chi connectivity index (χ1v) is 6.12. The van der Waals surface area contributed by atoms with Crippen molar-refractivity contribution in [1.29, 1.82) is 0 Å². The molecule has 1 unspecified atom stereocenters. The molecule has 1 heterocycles. The fourth-order valence-corrected chi connectivity index (χ4v) is 1.84. The van der Waals surface area contributed by atoms with E-state index in [1.165, 1.54) is 11.9 Å². The lowest BCUT2D eigenvalue weighted by Crippen LogP contribution is -2.39. The Morgan fingerprint density at radius 1 is 1.42 bits per heavy atom. The van der Waals surface area contributed by atoms with Crippen LogP contribution >= 0.6 is 0 Å². The highest BCUT2D eigenvalue weighted by Crippen LogP contribution is 2.35. The Morgan fingerprint density at radius 2 is 2.11 bits per heavy atom. The van der Waals surface area contributed by atoms with Crippen LogP contribution in [0.2, 0.25) is 0 Å². The zero-order valence-electron chi connectivity index (χ0n) is 10.5. The summed E-state index contributed by atoms with van der Waals surface area (Å²) in [6.07, 6.45) is -3.80. The molecule has 1 saturated carbocycles. The van der Waals surface area contributed by atoms with Crippen molar-refractivity contribution in [2.24, 2.45) is 0 Å². The number of hydrogen-bond acceptors (Lipinski definition) is 5. The van der Waals surface area contributed by atoms with Gasteiger partial charge < -0.3 is 9.52 Å². The number of alkyl halides is 3. The number of aliphatic hydroxyl groups is 1. The Balaban J connectivity index is 1.84. The predicted octanol–water partition coefficient (Wildman–Crippen LogP) is 1.69. The molecule has 1 aromatic heterocycles. The number of nitrogens with zero attached hydrogens (tertiary/aromatic N) is 3. The van der Waals surface area contributed by atoms with Crippen LogP contribution < -0.4 is 0 Å². The van der Waals surface area contributed by atoms with Gasteiger partial charge in [-0.1, -0.05) is 6.42 Å². The van der Waals surface area contributed by atoms with E-state index in [1.54, 1.807) is 0 Å². The minimum absolute atomic E-state index is 0.0901. The third kappa shape index (κ3) is 3.66. The van der Waals surface area contributed by atoms with Gasteiger partial charge >= 0.3 is 6.18 Å². The highest BCUT2D eigenvalue weighted by atomic mass is 19.4. The first-order chi connectivity index (χ1) is 8.86. The second-order valence-electron chi connectivity index (χ2n) is 4.92. The second-order valence-corrected chi connectivity index (χ2v) is 4.92. The molecule has 8 heteroatoms. The molecule has 0 radical (unpaired) electrons. The first kappa shape index (κ1) is 14.3. The summed E-state index contributed by atoms with van der Waals surface area (Å²) in [4.78, 5) is 1.30. The molecule has 1 N–H and O–H groups in total. The lowest BCUT2D eigenvalue weighted by atomic mass is 9.85. The summed E-state index contributed by atoms with van der Waals surface area (Å²) >= 11 is 0. The van der Waals surface area contributed by atoms with Gasteiger partial charge in [0.15, 0.2) is 6.10 Å². The van der Waals surface area contributed by atoms with E-state index < -0.39 is 18.8 Å². The van der Waals surface area contributed by atoms with Gasteiger partial charge in [-0.15, -0.1) is 10.2 Å². The maximum absolute atomic E-state index is 12.2. The lowest BCUT2D eigenvalue weighted by Gasteiger charge is -2.21. The van der Waals surface area contributed by atoms with Crippen LogP contribution in [-0.4, -0.2) is 46.1 Å². The van der Waals surface area contributed by atoms with Crippen LogP contribution in [-0.2, 0) is 6.54 Å². The molecule has 0 aromatic carbocycles. The van der Waals surface area contributed by atoms with Gasteiger partial charge in [0.25, 0.3) is 0 Å². The molecule has 1 aromatic rings. The predicted molar refractivity (Wildman–Crippen MR) is 59.3 cm³/mol. The van der Waals surface area contributed by atoms with Gasteiger partial charge in [0.05, 0.1) is 6.54 Å². The summed E-state index contributed by atoms with van der Waals surface area (Å²) in [5.74, 6) is 1.14. The highest BCUT2D eigenvalue weighted by molar-refractivity contribution is 4.96. The van der Waals surface area contributed by atoms with E-state index in [-0.39, 0.29) is 12.4 Å². The number of aliphatic hydroxyl groups excluding tert-OH is 1. The molecule has 108 valence electrons. The Labute approximate surface area is 108 Å². The van der Waals surface area contributed by atoms with Gasteiger partial charge in [-0.25, -0.2) is 0 Å². The maximum atomic E-state index is 12.2. The van der Waals surface area contributed by atoms with E-state index in [2.05, 4.69) is 10.2 Å². The molecule has 0 spiro atoms. The van der Waals surface area contributed by atoms with Crippen LogP contribution in [0, 0.1) is 0 Å². The fourth-order valence-electron chi connectivity index (χ4n) is 1.84. The van der Waals surface area contributed by atoms with Crippen LogP contribution in [0.3, 0.4) is 0 Å². The van der Waals surface area contributed by atoms with Crippen LogP contribution in [0.5, 0.6) is 0 Å². The van der Waals surface area contributed by atoms with Gasteiger partial charge in [-0.05, 0) is 19.9 Å². The van der Waals surface area contributed by atoms with Gasteiger partial charge in [0.1, 0.15) is 0 Å². The Hall–Kier alpha value is -1.15. The molecule has 0 bridgehead atoms. The van der Waals surface area contributed by atoms with Gasteiger partial charge in [0, 0.05) is 12.5 Å². The fraction of sp³-hybridized carbons (Fsp3) is 0.818. The summed E-state index contributed by atoms with van der Waals surface area (Å²) in [7, 11) is 1.46. The van der Waals surface area contributed by atoms with Crippen LogP contribution in [0.15, 0.2) is 4.42 Å². The van der Waals surface area contributed by atoms with E-state index in [0.717, 1.165) is 19.3 Å². The monoisotopic (exact) mass is 279 g/mol. The van der Waals surface area contributed by atoms with Gasteiger partial charge in [-0.2, -0.15) is 13.2 Å².